The highest BCUT2D eigenvalue weighted by Gasteiger charge is 2.40. The van der Waals surface area contributed by atoms with Gasteiger partial charge in [-0.3, -0.25) is 0 Å². The summed E-state index contributed by atoms with van der Waals surface area (Å²) >= 11 is 0. The van der Waals surface area contributed by atoms with E-state index < -0.39 is 32.3 Å². The van der Waals surface area contributed by atoms with E-state index >= 15 is 0 Å². The molecule has 2 aliphatic carbocycles. The minimum Gasteiger partial charge on any atom is -0.489 e. The van der Waals surface area contributed by atoms with Gasteiger partial charge in [0.2, 0.25) is 10.0 Å². The fourth-order valence-electron chi connectivity index (χ4n) is 3.66. The Morgan fingerprint density at radius 2 is 2.00 bits per heavy atom. The van der Waals surface area contributed by atoms with E-state index in [9.17, 15) is 17.2 Å². The number of fused-ring (bicyclic) bond motifs is 2. The van der Waals surface area contributed by atoms with Gasteiger partial charge in [0.1, 0.15) is 10.7 Å². The number of ether oxygens (including phenoxy) is 1. The summed E-state index contributed by atoms with van der Waals surface area (Å²) in [5, 5.41) is 5.00. The average Bonchev–Trinajstić information content (AvgIpc) is 2.98. The average molecular weight is 317 g/mol. The van der Waals surface area contributed by atoms with Gasteiger partial charge >= 0.3 is 0 Å². The lowest BCUT2D eigenvalue weighted by atomic mass is 9.89. The zero-order valence-electron chi connectivity index (χ0n) is 11.4. The van der Waals surface area contributed by atoms with Gasteiger partial charge < -0.3 is 4.74 Å². The summed E-state index contributed by atoms with van der Waals surface area (Å²) in [5.74, 6) is -0.926. The molecule has 0 aromatic heterocycles. The second-order valence-electron chi connectivity index (χ2n) is 6.01. The second kappa shape index (κ2) is 5.21. The Morgan fingerprint density at radius 3 is 2.57 bits per heavy atom. The Morgan fingerprint density at radius 1 is 1.24 bits per heavy atom. The van der Waals surface area contributed by atoms with Crippen LogP contribution >= 0.6 is 0 Å². The van der Waals surface area contributed by atoms with Crippen LogP contribution in [-0.2, 0) is 10.0 Å². The van der Waals surface area contributed by atoms with E-state index in [1.165, 1.54) is 12.8 Å². The smallest absolute Gasteiger partial charge is 0.241 e. The molecule has 0 heterocycles. The summed E-state index contributed by atoms with van der Waals surface area (Å²) in [6.07, 6.45) is 4.57. The first kappa shape index (κ1) is 14.7. The SMILES string of the molecule is NS(=O)(=O)c1cc(F)cc(F)c1OCC1CC2CCC1C2. The molecule has 2 N–H and O–H groups in total. The van der Waals surface area contributed by atoms with Crippen molar-refractivity contribution in [2.24, 2.45) is 22.9 Å². The summed E-state index contributed by atoms with van der Waals surface area (Å²) < 4.78 is 55.3. The molecule has 0 saturated heterocycles. The summed E-state index contributed by atoms with van der Waals surface area (Å²) in [6.45, 7) is 0.242. The molecule has 3 rings (SSSR count). The third kappa shape index (κ3) is 2.89. The molecule has 2 bridgehead atoms. The van der Waals surface area contributed by atoms with E-state index in [0.29, 0.717) is 29.9 Å². The van der Waals surface area contributed by atoms with Crippen LogP contribution in [0.3, 0.4) is 0 Å². The van der Waals surface area contributed by atoms with Gasteiger partial charge in [-0.2, -0.15) is 0 Å². The molecule has 21 heavy (non-hydrogen) atoms. The van der Waals surface area contributed by atoms with Gasteiger partial charge in [-0.1, -0.05) is 6.42 Å². The zero-order valence-corrected chi connectivity index (χ0v) is 12.2. The molecule has 7 heteroatoms. The van der Waals surface area contributed by atoms with Crippen LogP contribution in [0.25, 0.3) is 0 Å². The molecule has 0 amide bonds. The van der Waals surface area contributed by atoms with Crippen molar-refractivity contribution in [3.63, 3.8) is 0 Å². The number of rotatable bonds is 4. The van der Waals surface area contributed by atoms with Crippen LogP contribution in [0.5, 0.6) is 5.75 Å². The number of hydrogen-bond donors (Lipinski definition) is 1. The maximum Gasteiger partial charge on any atom is 0.241 e. The maximum atomic E-state index is 13.8. The molecule has 0 radical (unpaired) electrons. The Bertz CT molecular complexity index is 662. The number of sulfonamides is 1. The van der Waals surface area contributed by atoms with Crippen molar-refractivity contribution in [2.75, 3.05) is 6.61 Å². The van der Waals surface area contributed by atoms with Gasteiger partial charge in [0.15, 0.2) is 11.6 Å². The predicted molar refractivity (Wildman–Crippen MR) is 72.2 cm³/mol. The number of benzene rings is 1. The first-order valence-corrected chi connectivity index (χ1v) is 8.54. The Hall–Kier alpha value is -1.21. The highest BCUT2D eigenvalue weighted by atomic mass is 32.2. The summed E-state index contributed by atoms with van der Waals surface area (Å²) in [7, 11) is -4.24. The van der Waals surface area contributed by atoms with E-state index in [2.05, 4.69) is 0 Å². The molecular formula is C14H17F2NO3S. The third-order valence-corrected chi connectivity index (χ3v) is 5.52. The molecule has 1 aromatic carbocycles. The van der Waals surface area contributed by atoms with Gasteiger partial charge in [-0.15, -0.1) is 0 Å². The molecule has 3 unspecified atom stereocenters. The normalized spacial score (nSPS) is 28.0. The number of hydrogen-bond acceptors (Lipinski definition) is 3. The molecule has 0 aliphatic heterocycles. The van der Waals surface area contributed by atoms with Gasteiger partial charge in [-0.05, 0) is 43.1 Å². The summed E-state index contributed by atoms with van der Waals surface area (Å²) in [5.41, 5.74) is 0. The highest BCUT2D eigenvalue weighted by molar-refractivity contribution is 7.89. The molecule has 3 atom stereocenters. The Kier molecular flexibility index (Phi) is 3.65. The second-order valence-corrected chi connectivity index (χ2v) is 7.54. The van der Waals surface area contributed by atoms with Crippen molar-refractivity contribution in [2.45, 2.75) is 30.6 Å². The van der Waals surface area contributed by atoms with Gasteiger partial charge in [-0.25, -0.2) is 22.3 Å². The minimum absolute atomic E-state index is 0.242. The summed E-state index contributed by atoms with van der Waals surface area (Å²) in [6, 6.07) is 1.29. The lowest BCUT2D eigenvalue weighted by molar-refractivity contribution is 0.185. The van der Waals surface area contributed by atoms with E-state index in [4.69, 9.17) is 9.88 Å². The van der Waals surface area contributed by atoms with E-state index in [-0.39, 0.29) is 6.61 Å². The molecule has 116 valence electrons. The molecule has 4 nitrogen and oxygen atoms in total. The topological polar surface area (TPSA) is 69.4 Å². The van der Waals surface area contributed by atoms with E-state index in [0.717, 1.165) is 12.8 Å². The quantitative estimate of drug-likeness (QED) is 0.927. The molecule has 1 aromatic rings. The zero-order chi connectivity index (χ0) is 15.2. The number of primary sulfonamides is 1. The fraction of sp³-hybridized carbons (Fsp3) is 0.571. The van der Waals surface area contributed by atoms with Crippen LogP contribution in [0.1, 0.15) is 25.7 Å². The lowest BCUT2D eigenvalue weighted by Crippen LogP contribution is -2.21. The van der Waals surface area contributed by atoms with E-state index in [1.807, 2.05) is 0 Å². The van der Waals surface area contributed by atoms with Crippen molar-refractivity contribution >= 4 is 10.0 Å². The van der Waals surface area contributed by atoms with Crippen LogP contribution in [0.2, 0.25) is 0 Å². The molecule has 2 aliphatic rings. The number of nitrogens with two attached hydrogens (primary N) is 1. The standard InChI is InChI=1S/C14H17F2NO3S/c15-11-5-12(16)14(13(6-11)21(17,18)19)20-7-10-4-8-1-2-9(10)3-8/h5-6,8-10H,1-4,7H2,(H2,17,18,19). The fourth-order valence-corrected chi connectivity index (χ4v) is 4.35. The van der Waals surface area contributed by atoms with Crippen LogP contribution < -0.4 is 9.88 Å². The molecule has 2 saturated carbocycles. The van der Waals surface area contributed by atoms with Crippen LogP contribution in [-0.4, -0.2) is 15.0 Å². The van der Waals surface area contributed by atoms with Crippen LogP contribution in [0, 0.1) is 29.4 Å². The minimum atomic E-state index is -4.24. The summed E-state index contributed by atoms with van der Waals surface area (Å²) in [4.78, 5) is -0.636. The third-order valence-electron chi connectivity index (χ3n) is 4.61. The van der Waals surface area contributed by atoms with Crippen molar-refractivity contribution in [1.29, 1.82) is 0 Å². The molecule has 2 fully saturated rings. The van der Waals surface area contributed by atoms with Crippen LogP contribution in [0.15, 0.2) is 17.0 Å². The van der Waals surface area contributed by atoms with Crippen molar-refractivity contribution in [3.8, 4) is 5.75 Å². The Balaban J connectivity index is 1.81. The van der Waals surface area contributed by atoms with Crippen LogP contribution in [0.4, 0.5) is 8.78 Å². The van der Waals surface area contributed by atoms with Crippen molar-refractivity contribution < 1.29 is 21.9 Å². The number of halogens is 2. The van der Waals surface area contributed by atoms with Crippen molar-refractivity contribution in [1.82, 2.24) is 0 Å². The Labute approximate surface area is 122 Å². The van der Waals surface area contributed by atoms with E-state index in [1.54, 1.807) is 0 Å². The first-order valence-electron chi connectivity index (χ1n) is 6.99. The van der Waals surface area contributed by atoms with Gasteiger partial charge in [0.05, 0.1) is 6.61 Å². The first-order chi connectivity index (χ1) is 9.84. The van der Waals surface area contributed by atoms with Crippen molar-refractivity contribution in [3.05, 3.63) is 23.8 Å². The largest absolute Gasteiger partial charge is 0.489 e. The molecule has 0 spiro atoms. The van der Waals surface area contributed by atoms with Gasteiger partial charge in [0, 0.05) is 6.07 Å². The molecular weight excluding hydrogens is 300 g/mol. The highest BCUT2D eigenvalue weighted by Crippen LogP contribution is 2.48. The lowest BCUT2D eigenvalue weighted by Gasteiger charge is -2.22. The predicted octanol–water partition coefficient (Wildman–Crippen LogP) is 2.43. The maximum absolute atomic E-state index is 13.8. The monoisotopic (exact) mass is 317 g/mol. The van der Waals surface area contributed by atoms with Gasteiger partial charge in [0.25, 0.3) is 0 Å².